The van der Waals surface area contributed by atoms with Gasteiger partial charge >= 0.3 is 0 Å². The Kier molecular flexibility index (Phi) is 6.07. The van der Waals surface area contributed by atoms with Crippen molar-refractivity contribution in [2.75, 3.05) is 32.1 Å². The molecule has 1 aromatic carbocycles. The number of amides is 1. The summed E-state index contributed by atoms with van der Waals surface area (Å²) in [6, 6.07) is 6.77. The first-order valence-electron chi connectivity index (χ1n) is 12.0. The summed E-state index contributed by atoms with van der Waals surface area (Å²) in [5.74, 6) is 5.88. The van der Waals surface area contributed by atoms with E-state index in [0.717, 1.165) is 30.8 Å². The molecule has 1 saturated heterocycles. The molecule has 4 N–H and O–H groups in total. The van der Waals surface area contributed by atoms with Crippen LogP contribution in [0.4, 0.5) is 15.8 Å². The van der Waals surface area contributed by atoms with Crippen LogP contribution < -0.4 is 16.0 Å². The highest BCUT2D eigenvalue weighted by atomic mass is 19.1. The Morgan fingerprint density at radius 1 is 1.25 bits per heavy atom. The fraction of sp³-hybridized carbons (Fsp3) is 0.357. The van der Waals surface area contributed by atoms with Crippen molar-refractivity contribution in [2.24, 2.45) is 0 Å². The molecule has 0 aliphatic carbocycles. The van der Waals surface area contributed by atoms with Crippen LogP contribution in [-0.4, -0.2) is 48.2 Å². The van der Waals surface area contributed by atoms with Crippen molar-refractivity contribution >= 4 is 17.3 Å². The minimum atomic E-state index is -0.638. The smallest absolute Gasteiger partial charge is 0.255 e. The molecule has 3 aromatic rings. The third-order valence-corrected chi connectivity index (χ3v) is 7.21. The van der Waals surface area contributed by atoms with Crippen molar-refractivity contribution in [1.29, 1.82) is 0 Å². The number of hydrogen-bond donors (Lipinski definition) is 4. The molecule has 1 spiro atoms. The third kappa shape index (κ3) is 4.15. The van der Waals surface area contributed by atoms with E-state index in [9.17, 15) is 9.18 Å². The highest BCUT2D eigenvalue weighted by Crippen LogP contribution is 2.44. The monoisotopic (exact) mass is 487 g/mol. The molecule has 0 bridgehead atoms. The van der Waals surface area contributed by atoms with Crippen LogP contribution in [0, 0.1) is 24.6 Å². The minimum Gasteiger partial charge on any atom is -0.366 e. The van der Waals surface area contributed by atoms with Gasteiger partial charge in [0.15, 0.2) is 0 Å². The van der Waals surface area contributed by atoms with E-state index in [2.05, 4.69) is 37.8 Å². The Hall–Kier alpha value is -3.67. The summed E-state index contributed by atoms with van der Waals surface area (Å²) < 4.78 is 19.9. The number of carbonyl (C=O) groups excluding carboxylic acids is 1. The van der Waals surface area contributed by atoms with Crippen LogP contribution in [0.15, 0.2) is 36.7 Å². The standard InChI is InChI=1S/C28H30FN5O2/c1-17-20(29)6-5-7-21(17)33-24-22-25(28(11-13-31-15-28)16-32-26(22)35)34-23(24)19-9-12-30-14-18(19)8-10-27(2,3)36-4/h5-7,9,12,14,31,33-34H,11,13,15-16H2,1-4H3,(H,32,35)/t28-/m1/s1. The molecule has 2 aliphatic rings. The predicted molar refractivity (Wildman–Crippen MR) is 138 cm³/mol. The number of nitrogens with zero attached hydrogens (tertiary/aromatic N) is 1. The van der Waals surface area contributed by atoms with Gasteiger partial charge in [-0.25, -0.2) is 4.39 Å². The molecular weight excluding hydrogens is 457 g/mol. The lowest BCUT2D eigenvalue weighted by atomic mass is 9.79. The van der Waals surface area contributed by atoms with Crippen molar-refractivity contribution in [1.82, 2.24) is 20.6 Å². The van der Waals surface area contributed by atoms with E-state index in [1.807, 2.05) is 26.0 Å². The zero-order valence-corrected chi connectivity index (χ0v) is 20.9. The average molecular weight is 488 g/mol. The van der Waals surface area contributed by atoms with Crippen molar-refractivity contribution in [3.8, 4) is 23.1 Å². The molecule has 0 unspecified atom stereocenters. The summed E-state index contributed by atoms with van der Waals surface area (Å²) in [5, 5.41) is 9.92. The second kappa shape index (κ2) is 9.08. The zero-order chi connectivity index (χ0) is 25.5. The molecule has 1 atom stereocenters. The summed E-state index contributed by atoms with van der Waals surface area (Å²) in [4.78, 5) is 21.2. The first-order valence-corrected chi connectivity index (χ1v) is 12.0. The molecule has 0 radical (unpaired) electrons. The number of aromatic nitrogens is 2. The minimum absolute atomic E-state index is 0.163. The van der Waals surface area contributed by atoms with Crippen molar-refractivity contribution in [3.05, 3.63) is 64.9 Å². The maximum atomic E-state index is 14.4. The predicted octanol–water partition coefficient (Wildman–Crippen LogP) is 4.02. The van der Waals surface area contributed by atoms with Gasteiger partial charge in [0, 0.05) is 60.5 Å². The number of anilines is 2. The van der Waals surface area contributed by atoms with Gasteiger partial charge in [-0.3, -0.25) is 9.78 Å². The van der Waals surface area contributed by atoms with E-state index in [4.69, 9.17) is 4.74 Å². The number of rotatable bonds is 4. The molecule has 2 aromatic heterocycles. The highest BCUT2D eigenvalue weighted by Gasteiger charge is 2.45. The van der Waals surface area contributed by atoms with E-state index in [1.54, 1.807) is 32.5 Å². The fourth-order valence-corrected chi connectivity index (χ4v) is 4.84. The van der Waals surface area contributed by atoms with Gasteiger partial charge in [0.1, 0.15) is 11.4 Å². The molecule has 2 aliphatic heterocycles. The molecule has 36 heavy (non-hydrogen) atoms. The van der Waals surface area contributed by atoms with Crippen LogP contribution in [-0.2, 0) is 10.2 Å². The number of aromatic amines is 1. The van der Waals surface area contributed by atoms with Gasteiger partial charge in [0.05, 0.1) is 22.5 Å². The molecular formula is C28H30FN5O2. The maximum Gasteiger partial charge on any atom is 0.255 e. The van der Waals surface area contributed by atoms with Gasteiger partial charge in [-0.05, 0) is 51.9 Å². The van der Waals surface area contributed by atoms with Gasteiger partial charge in [-0.2, -0.15) is 0 Å². The number of ether oxygens (including phenoxy) is 1. The topological polar surface area (TPSA) is 91.1 Å². The first-order chi connectivity index (χ1) is 17.2. The van der Waals surface area contributed by atoms with Crippen LogP contribution >= 0.6 is 0 Å². The second-order valence-electron chi connectivity index (χ2n) is 9.94. The Morgan fingerprint density at radius 3 is 2.83 bits per heavy atom. The van der Waals surface area contributed by atoms with Crippen molar-refractivity contribution < 1.29 is 13.9 Å². The van der Waals surface area contributed by atoms with E-state index < -0.39 is 5.60 Å². The zero-order valence-electron chi connectivity index (χ0n) is 20.9. The van der Waals surface area contributed by atoms with E-state index >= 15 is 0 Å². The Bertz CT molecular complexity index is 1390. The van der Waals surface area contributed by atoms with Gasteiger partial charge in [0.25, 0.3) is 5.91 Å². The molecule has 186 valence electrons. The quantitative estimate of drug-likeness (QED) is 0.418. The van der Waals surface area contributed by atoms with Gasteiger partial charge in [-0.1, -0.05) is 17.9 Å². The largest absolute Gasteiger partial charge is 0.366 e. The average Bonchev–Trinajstić information content (AvgIpc) is 3.50. The molecule has 1 fully saturated rings. The molecule has 1 amide bonds. The van der Waals surface area contributed by atoms with Crippen LogP contribution in [0.3, 0.4) is 0 Å². The maximum absolute atomic E-state index is 14.4. The lowest BCUT2D eigenvalue weighted by molar-refractivity contribution is 0.0741. The van der Waals surface area contributed by atoms with Gasteiger partial charge < -0.3 is 25.7 Å². The SMILES string of the molecule is COC(C)(C)C#Cc1cnccc1-c1[nH]c2c(c1Nc1cccc(F)c1C)C(=O)NC[C@]21CCNC1. The number of methoxy groups -OCH3 is 1. The number of fused-ring (bicyclic) bond motifs is 2. The second-order valence-corrected chi connectivity index (χ2v) is 9.94. The van der Waals surface area contributed by atoms with E-state index in [1.165, 1.54) is 6.07 Å². The first kappa shape index (κ1) is 24.0. The molecule has 4 heterocycles. The molecule has 8 heteroatoms. The summed E-state index contributed by atoms with van der Waals surface area (Å²) in [7, 11) is 1.62. The van der Waals surface area contributed by atoms with Crippen molar-refractivity contribution in [2.45, 2.75) is 38.2 Å². The number of pyridine rings is 1. The van der Waals surface area contributed by atoms with Gasteiger partial charge in [0.2, 0.25) is 0 Å². The Morgan fingerprint density at radius 2 is 2.08 bits per heavy atom. The number of benzene rings is 1. The molecule has 7 nitrogen and oxygen atoms in total. The van der Waals surface area contributed by atoms with Crippen LogP contribution in [0.5, 0.6) is 0 Å². The molecule has 0 saturated carbocycles. The number of carbonyl (C=O) groups is 1. The van der Waals surface area contributed by atoms with Crippen LogP contribution in [0.25, 0.3) is 11.3 Å². The Balaban J connectivity index is 1.74. The number of halogens is 1. The van der Waals surface area contributed by atoms with Crippen molar-refractivity contribution in [3.63, 3.8) is 0 Å². The fourth-order valence-electron chi connectivity index (χ4n) is 4.84. The number of H-pyrrole nitrogens is 1. The third-order valence-electron chi connectivity index (χ3n) is 7.21. The Labute approximate surface area is 210 Å². The molecule has 5 rings (SSSR count). The summed E-state index contributed by atoms with van der Waals surface area (Å²) >= 11 is 0. The van der Waals surface area contributed by atoms with E-state index in [-0.39, 0.29) is 17.1 Å². The lowest BCUT2D eigenvalue weighted by Crippen LogP contribution is -2.48. The highest BCUT2D eigenvalue weighted by molar-refractivity contribution is 6.07. The summed E-state index contributed by atoms with van der Waals surface area (Å²) in [6.07, 6.45) is 4.30. The number of hydrogen-bond acceptors (Lipinski definition) is 5. The summed E-state index contributed by atoms with van der Waals surface area (Å²) in [6.45, 7) is 7.68. The normalized spacial score (nSPS) is 19.0. The van der Waals surface area contributed by atoms with E-state index in [0.29, 0.717) is 40.3 Å². The van der Waals surface area contributed by atoms with Gasteiger partial charge in [-0.15, -0.1) is 0 Å². The summed E-state index contributed by atoms with van der Waals surface area (Å²) in [5.41, 5.74) is 4.43. The van der Waals surface area contributed by atoms with Crippen LogP contribution in [0.1, 0.15) is 47.4 Å². The number of nitrogens with one attached hydrogen (secondary N) is 4. The lowest BCUT2D eigenvalue weighted by Gasteiger charge is -2.33. The van der Waals surface area contributed by atoms with Crippen LogP contribution in [0.2, 0.25) is 0 Å².